The Balaban J connectivity index is 1.49. The lowest BCUT2D eigenvalue weighted by atomic mass is 9.97. The molecule has 0 amide bonds. The van der Waals surface area contributed by atoms with Crippen LogP contribution in [-0.4, -0.2) is 19.3 Å². The number of aliphatic hydroxyl groups excluding tert-OH is 1. The molecular weight excluding hydrogens is 614 g/mol. The van der Waals surface area contributed by atoms with Crippen molar-refractivity contribution >= 4 is 42.4 Å². The summed E-state index contributed by atoms with van der Waals surface area (Å²) in [7, 11) is 1.59. The van der Waals surface area contributed by atoms with E-state index in [1.165, 1.54) is 26.5 Å². The minimum Gasteiger partial charge on any atom is -0.496 e. The lowest BCUT2D eigenvalue weighted by molar-refractivity contribution is 0.151. The van der Waals surface area contributed by atoms with Crippen molar-refractivity contribution in [3.63, 3.8) is 0 Å². The predicted molar refractivity (Wildman–Crippen MR) is 202 cm³/mol. The monoisotopic (exact) mass is 656 g/mol. The van der Waals surface area contributed by atoms with E-state index in [0.717, 1.165) is 44.6 Å². The zero-order valence-electron chi connectivity index (χ0n) is 27.9. The zero-order valence-corrected chi connectivity index (χ0v) is 29.7. The molecule has 0 saturated carbocycles. The first-order chi connectivity index (χ1) is 22.8. The molecule has 0 fully saturated rings. The van der Waals surface area contributed by atoms with Crippen molar-refractivity contribution in [1.82, 2.24) is 0 Å². The largest absolute Gasteiger partial charge is 0.496 e. The van der Waals surface area contributed by atoms with Gasteiger partial charge in [-0.15, -0.1) is 0 Å². The molecule has 0 bridgehead atoms. The average Bonchev–Trinajstić information content (AvgIpc) is 3.55. The Morgan fingerprint density at radius 2 is 1.02 bits per heavy atom. The van der Waals surface area contributed by atoms with E-state index < -0.39 is 21.9 Å². The van der Waals surface area contributed by atoms with Crippen LogP contribution in [0.5, 0.6) is 11.5 Å². The van der Waals surface area contributed by atoms with Crippen LogP contribution in [0.2, 0.25) is 0 Å². The molecule has 0 heterocycles. The Morgan fingerprint density at radius 1 is 0.574 bits per heavy atom. The summed E-state index contributed by atoms with van der Waals surface area (Å²) in [6, 6.07) is 39.0. The van der Waals surface area contributed by atoms with E-state index in [9.17, 15) is 5.11 Å². The van der Waals surface area contributed by atoms with Crippen LogP contribution in [0, 0.1) is 33.6 Å². The molecule has 47 heavy (non-hydrogen) atoms. The highest BCUT2D eigenvalue weighted by atomic mass is 31.1. The first-order valence-electron chi connectivity index (χ1n) is 16.0. The molecule has 0 spiro atoms. The van der Waals surface area contributed by atoms with Crippen molar-refractivity contribution in [3.05, 3.63) is 161 Å². The number of methoxy groups -OCH3 is 2. The molecule has 1 aliphatic carbocycles. The van der Waals surface area contributed by atoms with Gasteiger partial charge in [0.1, 0.15) is 11.5 Å². The molecule has 6 rings (SSSR count). The van der Waals surface area contributed by atoms with Gasteiger partial charge in [0, 0.05) is 5.92 Å². The number of benzene rings is 5. The Bertz CT molecular complexity index is 1790. The van der Waals surface area contributed by atoms with Crippen molar-refractivity contribution in [1.29, 1.82) is 0 Å². The first kappa shape index (κ1) is 32.9. The SMILES string of the molecule is COc1c(C)cc(P(c2cc(C)c(OC)c(C)c2)c2ccccc2[C@H](O)C2C=CC=C2P(c2ccccc2)c2ccccc2)cc1C. The standard InChI is InChI=1S/C42H42O3P2/c1-28-24-34(25-29(2)41(28)44-5)47(35-26-30(3)42(45-6)31(4)27-35)38-22-14-13-20-36(38)40(43)37-21-15-23-39(37)46(32-16-9-7-10-17-32)33-18-11-8-12-19-33/h7-27,37,40,43H,1-6H3/t37?,40-/m0/s1. The number of aliphatic hydroxyl groups is 1. The quantitative estimate of drug-likeness (QED) is 0.155. The maximum atomic E-state index is 12.5. The van der Waals surface area contributed by atoms with E-state index in [1.807, 2.05) is 0 Å². The molecule has 5 aromatic rings. The normalized spacial score (nSPS) is 14.8. The third-order valence-corrected chi connectivity index (χ3v) is 13.9. The van der Waals surface area contributed by atoms with Gasteiger partial charge >= 0.3 is 0 Å². The summed E-state index contributed by atoms with van der Waals surface area (Å²) in [6.07, 6.45) is 5.82. The second-order valence-electron chi connectivity index (χ2n) is 12.1. The molecule has 238 valence electrons. The highest BCUT2D eigenvalue weighted by Crippen LogP contribution is 2.52. The highest BCUT2D eigenvalue weighted by Gasteiger charge is 2.34. The van der Waals surface area contributed by atoms with Crippen LogP contribution < -0.4 is 36.0 Å². The van der Waals surface area contributed by atoms with Gasteiger partial charge in [0.2, 0.25) is 0 Å². The highest BCUT2D eigenvalue weighted by molar-refractivity contribution is 7.80. The number of ether oxygens (including phenoxy) is 2. The minimum absolute atomic E-state index is 0.154. The van der Waals surface area contributed by atoms with Crippen molar-refractivity contribution < 1.29 is 14.6 Å². The fourth-order valence-corrected chi connectivity index (χ4v) is 12.3. The smallest absolute Gasteiger partial charge is 0.124 e. The van der Waals surface area contributed by atoms with E-state index in [1.54, 1.807) is 14.2 Å². The third kappa shape index (κ3) is 6.59. The van der Waals surface area contributed by atoms with Crippen molar-refractivity contribution in [2.24, 2.45) is 5.92 Å². The summed E-state index contributed by atoms with van der Waals surface area (Å²) in [5.41, 5.74) is 5.39. The second kappa shape index (κ2) is 14.4. The van der Waals surface area contributed by atoms with E-state index >= 15 is 0 Å². The Kier molecular flexibility index (Phi) is 10.1. The molecule has 5 heteroatoms. The fourth-order valence-electron chi connectivity index (χ4n) is 6.89. The average molecular weight is 657 g/mol. The van der Waals surface area contributed by atoms with Gasteiger partial charge in [-0.2, -0.15) is 0 Å². The molecule has 2 atom stereocenters. The van der Waals surface area contributed by atoms with Gasteiger partial charge in [0.25, 0.3) is 0 Å². The Labute approximate surface area is 282 Å². The summed E-state index contributed by atoms with van der Waals surface area (Å²) in [4.78, 5) is 0. The zero-order chi connectivity index (χ0) is 33.1. The van der Waals surface area contributed by atoms with Crippen molar-refractivity contribution in [2.45, 2.75) is 33.8 Å². The predicted octanol–water partition coefficient (Wildman–Crippen LogP) is 7.93. The van der Waals surface area contributed by atoms with Gasteiger partial charge in [-0.25, -0.2) is 0 Å². The second-order valence-corrected chi connectivity index (χ2v) is 16.5. The Hall–Kier alpha value is -4.00. The fraction of sp³-hybridized carbons (Fsp3) is 0.190. The van der Waals surface area contributed by atoms with Crippen molar-refractivity contribution in [3.8, 4) is 11.5 Å². The topological polar surface area (TPSA) is 38.7 Å². The molecule has 0 radical (unpaired) electrons. The van der Waals surface area contributed by atoms with Gasteiger partial charge in [0.15, 0.2) is 0 Å². The summed E-state index contributed by atoms with van der Waals surface area (Å²) in [5.74, 6) is 1.68. The maximum Gasteiger partial charge on any atom is 0.124 e. The van der Waals surface area contributed by atoms with Gasteiger partial charge in [-0.1, -0.05) is 103 Å². The van der Waals surface area contributed by atoms with Crippen LogP contribution in [0.15, 0.2) is 133 Å². The molecule has 0 aliphatic heterocycles. The molecular formula is C42H42O3P2. The van der Waals surface area contributed by atoms with Gasteiger partial charge in [-0.3, -0.25) is 0 Å². The van der Waals surface area contributed by atoms with E-state index in [0.29, 0.717) is 0 Å². The van der Waals surface area contributed by atoms with Crippen LogP contribution in [-0.2, 0) is 0 Å². The molecule has 0 aromatic heterocycles. The van der Waals surface area contributed by atoms with E-state index in [-0.39, 0.29) is 5.92 Å². The molecule has 5 aromatic carbocycles. The van der Waals surface area contributed by atoms with Crippen LogP contribution >= 0.6 is 15.8 Å². The first-order valence-corrected chi connectivity index (χ1v) is 18.7. The van der Waals surface area contributed by atoms with Gasteiger partial charge < -0.3 is 14.6 Å². The molecule has 1 aliphatic rings. The molecule has 1 N–H and O–H groups in total. The van der Waals surface area contributed by atoms with Crippen LogP contribution in [0.1, 0.15) is 33.9 Å². The summed E-state index contributed by atoms with van der Waals surface area (Å²) in [5, 5.41) is 20.0. The lowest BCUT2D eigenvalue weighted by Gasteiger charge is -2.31. The molecule has 1 unspecified atom stereocenters. The van der Waals surface area contributed by atoms with Crippen molar-refractivity contribution in [2.75, 3.05) is 14.2 Å². The van der Waals surface area contributed by atoms with Gasteiger partial charge in [-0.05, 0) is 127 Å². The summed E-state index contributed by atoms with van der Waals surface area (Å²) in [6.45, 7) is 8.46. The number of rotatable bonds is 10. The lowest BCUT2D eigenvalue weighted by Crippen LogP contribution is -2.28. The third-order valence-electron chi connectivity index (χ3n) is 8.87. The molecule has 3 nitrogen and oxygen atoms in total. The number of allylic oxidation sites excluding steroid dienone is 2. The molecule has 0 saturated heterocycles. The number of hydrogen-bond acceptors (Lipinski definition) is 3. The number of aryl methyl sites for hydroxylation is 4. The summed E-state index contributed by atoms with van der Waals surface area (Å²) < 4.78 is 11.5. The minimum atomic E-state index is -1.04. The maximum absolute atomic E-state index is 12.5. The van der Waals surface area contributed by atoms with E-state index in [2.05, 4.69) is 155 Å². The van der Waals surface area contributed by atoms with Crippen LogP contribution in [0.25, 0.3) is 0 Å². The number of hydrogen-bond donors (Lipinski definition) is 1. The van der Waals surface area contributed by atoms with E-state index in [4.69, 9.17) is 9.47 Å². The van der Waals surface area contributed by atoms with Gasteiger partial charge in [0.05, 0.1) is 20.3 Å². The Morgan fingerprint density at radius 3 is 1.49 bits per heavy atom. The van der Waals surface area contributed by atoms with Crippen LogP contribution in [0.4, 0.5) is 0 Å². The van der Waals surface area contributed by atoms with Crippen LogP contribution in [0.3, 0.4) is 0 Å². The summed E-state index contributed by atoms with van der Waals surface area (Å²) >= 11 is 0.